The third kappa shape index (κ3) is 5.03. The first-order valence-corrected chi connectivity index (χ1v) is 7.89. The van der Waals surface area contributed by atoms with Crippen LogP contribution in [0.4, 0.5) is 4.39 Å². The van der Waals surface area contributed by atoms with Gasteiger partial charge in [0.25, 0.3) is 5.91 Å². The Morgan fingerprint density at radius 2 is 1.95 bits per heavy atom. The summed E-state index contributed by atoms with van der Waals surface area (Å²) in [5.41, 5.74) is 0. The minimum atomic E-state index is -0.515. The second kappa shape index (κ2) is 8.01. The number of rotatable bonds is 6. The van der Waals surface area contributed by atoms with E-state index in [9.17, 15) is 9.18 Å². The summed E-state index contributed by atoms with van der Waals surface area (Å²) in [6.07, 6.45) is 6.34. The third-order valence-electron chi connectivity index (χ3n) is 4.04. The maximum Gasteiger partial charge on any atom is 0.261 e. The van der Waals surface area contributed by atoms with Crippen LogP contribution in [0.3, 0.4) is 0 Å². The minimum Gasteiger partial charge on any atom is -0.481 e. The van der Waals surface area contributed by atoms with Gasteiger partial charge in [-0.15, -0.1) is 0 Å². The largest absolute Gasteiger partial charge is 0.481 e. The zero-order chi connectivity index (χ0) is 15.1. The fourth-order valence-corrected chi connectivity index (χ4v) is 2.75. The Hall–Kier alpha value is -1.58. The van der Waals surface area contributed by atoms with Crippen LogP contribution in [0.2, 0.25) is 0 Å². The van der Waals surface area contributed by atoms with E-state index in [1.54, 1.807) is 12.1 Å². The topological polar surface area (TPSA) is 38.3 Å². The molecular formula is C17H24FNO2. The number of hydrogen-bond acceptors (Lipinski definition) is 2. The number of hydrogen-bond donors (Lipinski definition) is 1. The molecule has 0 radical (unpaired) electrons. The number of nitrogens with one attached hydrogen (secondary N) is 1. The molecular weight excluding hydrogens is 269 g/mol. The lowest BCUT2D eigenvalue weighted by molar-refractivity contribution is -0.128. The lowest BCUT2D eigenvalue weighted by atomic mass is 9.89. The van der Waals surface area contributed by atoms with Gasteiger partial charge in [-0.2, -0.15) is 0 Å². The van der Waals surface area contributed by atoms with E-state index in [4.69, 9.17) is 4.74 Å². The summed E-state index contributed by atoms with van der Waals surface area (Å²) in [4.78, 5) is 12.2. The highest BCUT2D eigenvalue weighted by Crippen LogP contribution is 2.23. The van der Waals surface area contributed by atoms with E-state index in [1.807, 2.05) is 6.92 Å². The molecule has 0 aromatic heterocycles. The predicted molar refractivity (Wildman–Crippen MR) is 80.7 cm³/mol. The summed E-state index contributed by atoms with van der Waals surface area (Å²) >= 11 is 0. The van der Waals surface area contributed by atoms with Gasteiger partial charge in [-0.05, 0) is 49.4 Å². The first-order valence-electron chi connectivity index (χ1n) is 7.89. The number of ether oxygens (including phenoxy) is 1. The van der Waals surface area contributed by atoms with E-state index in [0.29, 0.717) is 18.1 Å². The quantitative estimate of drug-likeness (QED) is 0.869. The fraction of sp³-hybridized carbons (Fsp3) is 0.588. The number of halogens is 1. The molecule has 0 bridgehead atoms. The molecule has 1 atom stereocenters. The molecule has 1 aromatic carbocycles. The molecule has 0 heterocycles. The van der Waals surface area contributed by atoms with Crippen molar-refractivity contribution in [2.75, 3.05) is 6.54 Å². The molecule has 1 aliphatic carbocycles. The van der Waals surface area contributed by atoms with Gasteiger partial charge in [-0.1, -0.05) is 26.2 Å². The molecule has 3 nitrogen and oxygen atoms in total. The molecule has 1 fully saturated rings. The highest BCUT2D eigenvalue weighted by molar-refractivity contribution is 5.81. The lowest BCUT2D eigenvalue weighted by Crippen LogP contribution is -2.40. The van der Waals surface area contributed by atoms with E-state index in [2.05, 4.69) is 5.32 Å². The van der Waals surface area contributed by atoms with Crippen LogP contribution in [0.15, 0.2) is 24.3 Å². The first-order chi connectivity index (χ1) is 10.2. The van der Waals surface area contributed by atoms with Gasteiger partial charge in [0, 0.05) is 6.54 Å². The smallest absolute Gasteiger partial charge is 0.261 e. The molecule has 0 spiro atoms. The monoisotopic (exact) mass is 293 g/mol. The summed E-state index contributed by atoms with van der Waals surface area (Å²) in [6, 6.07) is 5.77. The second-order valence-electron chi connectivity index (χ2n) is 5.72. The molecule has 0 aliphatic heterocycles. The Kier molecular flexibility index (Phi) is 6.03. The highest BCUT2D eigenvalue weighted by atomic mass is 19.1. The summed E-state index contributed by atoms with van der Waals surface area (Å²) in [5.74, 6) is 0.742. The van der Waals surface area contributed by atoms with Gasteiger partial charge < -0.3 is 10.1 Å². The van der Waals surface area contributed by atoms with E-state index in [1.165, 1.54) is 44.2 Å². The molecule has 1 amide bonds. The van der Waals surface area contributed by atoms with Gasteiger partial charge in [0.2, 0.25) is 0 Å². The Balaban J connectivity index is 1.81. The van der Waals surface area contributed by atoms with Crippen LogP contribution >= 0.6 is 0 Å². The van der Waals surface area contributed by atoms with Crippen molar-refractivity contribution < 1.29 is 13.9 Å². The van der Waals surface area contributed by atoms with Crippen LogP contribution in [0.1, 0.15) is 45.4 Å². The van der Waals surface area contributed by atoms with Crippen molar-refractivity contribution in [2.45, 2.75) is 51.6 Å². The Morgan fingerprint density at radius 1 is 1.29 bits per heavy atom. The molecule has 1 aliphatic rings. The summed E-state index contributed by atoms with van der Waals surface area (Å²) in [5, 5.41) is 3.00. The van der Waals surface area contributed by atoms with Gasteiger partial charge >= 0.3 is 0 Å². The number of carbonyl (C=O) groups is 1. The third-order valence-corrected chi connectivity index (χ3v) is 4.04. The van der Waals surface area contributed by atoms with Crippen LogP contribution in [0, 0.1) is 11.7 Å². The fourth-order valence-electron chi connectivity index (χ4n) is 2.75. The van der Waals surface area contributed by atoms with Crippen LogP contribution < -0.4 is 10.1 Å². The second-order valence-corrected chi connectivity index (χ2v) is 5.72. The van der Waals surface area contributed by atoms with Crippen LogP contribution in [-0.2, 0) is 4.79 Å². The van der Waals surface area contributed by atoms with Crippen molar-refractivity contribution in [3.63, 3.8) is 0 Å². The molecule has 1 saturated carbocycles. The van der Waals surface area contributed by atoms with Gasteiger partial charge in [0.05, 0.1) is 0 Å². The molecule has 2 rings (SSSR count). The van der Waals surface area contributed by atoms with Crippen molar-refractivity contribution in [1.82, 2.24) is 5.32 Å². The minimum absolute atomic E-state index is 0.0765. The molecule has 0 saturated heterocycles. The zero-order valence-corrected chi connectivity index (χ0v) is 12.6. The van der Waals surface area contributed by atoms with Gasteiger partial charge in [-0.3, -0.25) is 4.79 Å². The van der Waals surface area contributed by atoms with Crippen molar-refractivity contribution in [1.29, 1.82) is 0 Å². The maximum absolute atomic E-state index is 12.9. The van der Waals surface area contributed by atoms with Gasteiger partial charge in [-0.25, -0.2) is 4.39 Å². The average molecular weight is 293 g/mol. The van der Waals surface area contributed by atoms with Crippen LogP contribution in [0.25, 0.3) is 0 Å². The summed E-state index contributed by atoms with van der Waals surface area (Å²) < 4.78 is 18.5. The normalized spacial score (nSPS) is 17.2. The Bertz CT molecular complexity index is 441. The molecule has 21 heavy (non-hydrogen) atoms. The van der Waals surface area contributed by atoms with E-state index < -0.39 is 6.10 Å². The van der Waals surface area contributed by atoms with Crippen molar-refractivity contribution in [2.24, 2.45) is 5.92 Å². The zero-order valence-electron chi connectivity index (χ0n) is 12.6. The number of carbonyl (C=O) groups excluding carboxylic acids is 1. The van der Waals surface area contributed by atoms with E-state index in [0.717, 1.165) is 6.54 Å². The molecule has 1 aromatic rings. The Labute approximate surface area is 125 Å². The maximum atomic E-state index is 12.9. The van der Waals surface area contributed by atoms with Crippen molar-refractivity contribution in [3.8, 4) is 5.75 Å². The molecule has 1 N–H and O–H groups in total. The number of benzene rings is 1. The van der Waals surface area contributed by atoms with Crippen LogP contribution in [-0.4, -0.2) is 18.6 Å². The van der Waals surface area contributed by atoms with Gasteiger partial charge in [0.15, 0.2) is 6.10 Å². The summed E-state index contributed by atoms with van der Waals surface area (Å²) in [7, 11) is 0. The van der Waals surface area contributed by atoms with E-state index >= 15 is 0 Å². The molecule has 1 unspecified atom stereocenters. The first kappa shape index (κ1) is 15.8. The average Bonchev–Trinajstić information content (AvgIpc) is 2.53. The van der Waals surface area contributed by atoms with Crippen molar-refractivity contribution in [3.05, 3.63) is 30.1 Å². The molecule has 116 valence electrons. The SMILES string of the molecule is CCC(Oc1ccc(F)cc1)C(=O)NCC1CCCCC1. The number of amides is 1. The Morgan fingerprint density at radius 3 is 2.57 bits per heavy atom. The lowest BCUT2D eigenvalue weighted by Gasteiger charge is -2.23. The predicted octanol–water partition coefficient (Wildman–Crippen LogP) is 3.68. The summed E-state index contributed by atoms with van der Waals surface area (Å²) in [6.45, 7) is 2.65. The van der Waals surface area contributed by atoms with Gasteiger partial charge in [0.1, 0.15) is 11.6 Å². The van der Waals surface area contributed by atoms with Crippen LogP contribution in [0.5, 0.6) is 5.75 Å². The van der Waals surface area contributed by atoms with E-state index in [-0.39, 0.29) is 11.7 Å². The molecule has 4 heteroatoms. The van der Waals surface area contributed by atoms with Crippen molar-refractivity contribution >= 4 is 5.91 Å². The highest BCUT2D eigenvalue weighted by Gasteiger charge is 2.20. The standard InChI is InChI=1S/C17H24FNO2/c1-2-16(21-15-10-8-14(18)9-11-15)17(20)19-12-13-6-4-3-5-7-13/h8-11,13,16H,2-7,12H2,1H3,(H,19,20).